The van der Waals surface area contributed by atoms with Crippen LogP contribution in [0.4, 0.5) is 4.79 Å². The molecule has 0 aliphatic heterocycles. The number of sulfonamides is 2. The molecule has 1 aliphatic rings. The summed E-state index contributed by atoms with van der Waals surface area (Å²) in [6.07, 6.45) is -1.07. The smallest absolute Gasteiger partial charge is 0.407 e. The minimum absolute atomic E-state index is 0.0994. The van der Waals surface area contributed by atoms with Gasteiger partial charge in [0.2, 0.25) is 16.0 Å². The third kappa shape index (κ3) is 8.49. The molecule has 51 heavy (non-hydrogen) atoms. The van der Waals surface area contributed by atoms with Gasteiger partial charge in [-0.15, -0.1) is 4.40 Å². The molecule has 4 aromatic rings. The van der Waals surface area contributed by atoms with Crippen LogP contribution in [-0.4, -0.2) is 60.4 Å². The number of esters is 1. The van der Waals surface area contributed by atoms with Gasteiger partial charge >= 0.3 is 12.1 Å². The number of nitrogens with two attached hydrogens (primary N) is 1. The minimum atomic E-state index is -4.62. The molecule has 1 aliphatic carbocycles. The predicted octanol–water partition coefficient (Wildman–Crippen LogP) is 4.19. The quantitative estimate of drug-likeness (QED) is 0.108. The molecule has 15 heteroatoms. The SMILES string of the molecule is COc1cc(C)c(S(=O)(=O)/N=C(\N)NS(=O)(=O)C[C@H](NC(=O)OCC2c3ccccc3-c3ccccc32)C(=O)OCc2ccccc2)c(C)c1C. The van der Waals surface area contributed by atoms with Crippen molar-refractivity contribution in [2.75, 3.05) is 19.5 Å². The van der Waals surface area contributed by atoms with Crippen molar-refractivity contribution in [3.05, 3.63) is 118 Å². The molecule has 4 N–H and O–H groups in total. The van der Waals surface area contributed by atoms with Crippen molar-refractivity contribution in [3.63, 3.8) is 0 Å². The molecule has 5 rings (SSSR count). The van der Waals surface area contributed by atoms with E-state index in [1.807, 2.05) is 53.3 Å². The number of ether oxygens (including phenoxy) is 3. The van der Waals surface area contributed by atoms with Crippen molar-refractivity contribution in [2.24, 2.45) is 10.1 Å². The number of hydrogen-bond acceptors (Lipinski definition) is 9. The molecule has 0 saturated carbocycles. The topological polar surface area (TPSA) is 193 Å². The number of aryl methyl sites for hydroxylation is 1. The van der Waals surface area contributed by atoms with Crippen LogP contribution in [-0.2, 0) is 40.9 Å². The predicted molar refractivity (Wildman–Crippen MR) is 191 cm³/mol. The van der Waals surface area contributed by atoms with Crippen LogP contribution in [0.5, 0.6) is 5.75 Å². The fourth-order valence-corrected chi connectivity index (χ4v) is 8.59. The first-order valence-corrected chi connectivity index (χ1v) is 18.9. The number of carbonyl (C=O) groups is 2. The van der Waals surface area contributed by atoms with Gasteiger partial charge in [0.05, 0.1) is 12.0 Å². The maximum atomic E-state index is 13.3. The van der Waals surface area contributed by atoms with E-state index in [2.05, 4.69) is 9.71 Å². The van der Waals surface area contributed by atoms with Gasteiger partial charge in [0.25, 0.3) is 10.0 Å². The molecular formula is C36H38N4O9S2. The Morgan fingerprint density at radius 1 is 0.843 bits per heavy atom. The van der Waals surface area contributed by atoms with E-state index in [9.17, 15) is 26.4 Å². The van der Waals surface area contributed by atoms with Crippen LogP contribution < -0.4 is 20.5 Å². The summed E-state index contributed by atoms with van der Waals surface area (Å²) in [5.74, 6) is -2.96. The molecular weight excluding hydrogens is 697 g/mol. The van der Waals surface area contributed by atoms with Crippen molar-refractivity contribution in [1.29, 1.82) is 0 Å². The number of fused-ring (bicyclic) bond motifs is 3. The number of carbonyl (C=O) groups excluding carboxylic acids is 2. The van der Waals surface area contributed by atoms with Crippen LogP contribution in [0.2, 0.25) is 0 Å². The summed E-state index contributed by atoms with van der Waals surface area (Å²) in [6.45, 7) is 4.46. The van der Waals surface area contributed by atoms with Gasteiger partial charge in [-0.25, -0.2) is 18.0 Å². The second-order valence-corrected chi connectivity index (χ2v) is 15.2. The first-order valence-electron chi connectivity index (χ1n) is 15.8. The number of nitrogens with one attached hydrogen (secondary N) is 2. The molecule has 4 aromatic carbocycles. The van der Waals surface area contributed by atoms with Crippen molar-refractivity contribution < 1.29 is 40.6 Å². The lowest BCUT2D eigenvalue weighted by Crippen LogP contribution is -2.50. The van der Waals surface area contributed by atoms with Gasteiger partial charge in [0.1, 0.15) is 30.8 Å². The lowest BCUT2D eigenvalue weighted by molar-refractivity contribution is -0.146. The highest BCUT2D eigenvalue weighted by Gasteiger charge is 2.33. The van der Waals surface area contributed by atoms with Crippen molar-refractivity contribution >= 4 is 38.1 Å². The Morgan fingerprint density at radius 2 is 1.43 bits per heavy atom. The third-order valence-electron chi connectivity index (χ3n) is 8.47. The van der Waals surface area contributed by atoms with E-state index in [0.29, 0.717) is 28.0 Å². The van der Waals surface area contributed by atoms with Crippen LogP contribution in [0.15, 0.2) is 94.2 Å². The Hall–Kier alpha value is -5.41. The molecule has 0 heterocycles. The first-order chi connectivity index (χ1) is 24.2. The molecule has 1 atom stereocenters. The lowest BCUT2D eigenvalue weighted by Gasteiger charge is -2.19. The van der Waals surface area contributed by atoms with Gasteiger partial charge in [-0.2, -0.15) is 8.42 Å². The van der Waals surface area contributed by atoms with Crippen molar-refractivity contribution in [2.45, 2.75) is 44.2 Å². The number of benzene rings is 4. The average molecular weight is 735 g/mol. The van der Waals surface area contributed by atoms with Crippen LogP contribution in [0.3, 0.4) is 0 Å². The second kappa shape index (κ2) is 15.2. The number of alkyl carbamates (subject to hydrolysis) is 1. The summed E-state index contributed by atoms with van der Waals surface area (Å²) in [5, 5.41) is 2.29. The first kappa shape index (κ1) is 36.9. The summed E-state index contributed by atoms with van der Waals surface area (Å²) in [5.41, 5.74) is 11.5. The third-order valence-corrected chi connectivity index (χ3v) is 11.3. The number of guanidine groups is 1. The summed E-state index contributed by atoms with van der Waals surface area (Å²) in [6, 6.07) is 23.8. The van der Waals surface area contributed by atoms with Crippen molar-refractivity contribution in [1.82, 2.24) is 10.0 Å². The van der Waals surface area contributed by atoms with Crippen molar-refractivity contribution in [3.8, 4) is 16.9 Å². The normalized spacial score (nSPS) is 13.5. The van der Waals surface area contributed by atoms with Crippen LogP contribution in [0.1, 0.15) is 39.3 Å². The summed E-state index contributed by atoms with van der Waals surface area (Å²) in [4.78, 5) is 26.2. The van der Waals surface area contributed by atoms with E-state index < -0.39 is 49.9 Å². The molecule has 0 spiro atoms. The maximum Gasteiger partial charge on any atom is 0.407 e. The van der Waals surface area contributed by atoms with Crippen LogP contribution >= 0.6 is 0 Å². The molecule has 1 amide bonds. The highest BCUT2D eigenvalue weighted by Crippen LogP contribution is 2.44. The minimum Gasteiger partial charge on any atom is -0.496 e. The largest absolute Gasteiger partial charge is 0.496 e. The Morgan fingerprint density at radius 3 is 2.04 bits per heavy atom. The summed E-state index contributed by atoms with van der Waals surface area (Å²) in [7, 11) is -7.67. The van der Waals surface area contributed by atoms with E-state index in [1.165, 1.54) is 13.2 Å². The maximum absolute atomic E-state index is 13.3. The highest BCUT2D eigenvalue weighted by molar-refractivity contribution is 7.91. The fourth-order valence-electron chi connectivity index (χ4n) is 6.02. The second-order valence-electron chi connectivity index (χ2n) is 11.9. The van der Waals surface area contributed by atoms with Gasteiger partial charge in [-0.1, -0.05) is 78.9 Å². The Labute approximate surface area is 296 Å². The van der Waals surface area contributed by atoms with Gasteiger partial charge in [0.15, 0.2) is 0 Å². The monoisotopic (exact) mass is 734 g/mol. The number of nitrogens with zero attached hydrogens (tertiary/aromatic N) is 1. The summed E-state index contributed by atoms with van der Waals surface area (Å²) < 4.78 is 74.6. The average Bonchev–Trinajstić information content (AvgIpc) is 3.40. The Balaban J connectivity index is 1.32. The molecule has 0 fully saturated rings. The number of rotatable bonds is 12. The van der Waals surface area contributed by atoms with Crippen LogP contribution in [0.25, 0.3) is 11.1 Å². The highest BCUT2D eigenvalue weighted by atomic mass is 32.2. The van der Waals surface area contributed by atoms with Gasteiger partial charge < -0.3 is 25.3 Å². The van der Waals surface area contributed by atoms with E-state index in [4.69, 9.17) is 19.9 Å². The number of amides is 1. The molecule has 0 bridgehead atoms. The van der Waals surface area contributed by atoms with Crippen LogP contribution in [0, 0.1) is 20.8 Å². The van der Waals surface area contributed by atoms with E-state index in [1.54, 1.807) is 51.1 Å². The molecule has 0 aromatic heterocycles. The van der Waals surface area contributed by atoms with Gasteiger partial charge in [0, 0.05) is 5.92 Å². The fraction of sp³-hybridized carbons (Fsp3) is 0.250. The zero-order valence-corrected chi connectivity index (χ0v) is 30.0. The van der Waals surface area contributed by atoms with Gasteiger partial charge in [-0.3, -0.25) is 4.72 Å². The Kier molecular flexibility index (Phi) is 11.0. The standard InChI is InChI=1S/C36H38N4O9S2/c1-22-18-32(47-4)23(2)24(3)33(22)51(45,46)40-35(37)39-50(43,44)21-31(34(41)48-19-25-12-6-5-7-13-25)38-36(42)49-20-30-28-16-10-8-14-26(28)27-15-9-11-17-29(27)30/h5-18,30-31H,19-21H2,1-4H3,(H,38,42)(H3,37,39,40)/t31-/m0/s1. The van der Waals surface area contributed by atoms with E-state index in [0.717, 1.165) is 22.3 Å². The van der Waals surface area contributed by atoms with E-state index in [-0.39, 0.29) is 24.0 Å². The molecule has 0 radical (unpaired) electrons. The number of methoxy groups -OCH3 is 1. The Bertz CT molecular complexity index is 2160. The molecule has 13 nitrogen and oxygen atoms in total. The van der Waals surface area contributed by atoms with E-state index >= 15 is 0 Å². The zero-order valence-electron chi connectivity index (χ0n) is 28.4. The number of hydrogen-bond donors (Lipinski definition) is 3. The molecule has 0 saturated heterocycles. The zero-order chi connectivity index (χ0) is 36.9. The van der Waals surface area contributed by atoms with Gasteiger partial charge in [-0.05, 0) is 71.3 Å². The lowest BCUT2D eigenvalue weighted by atomic mass is 9.98. The molecule has 268 valence electrons. The molecule has 0 unspecified atom stereocenters. The summed E-state index contributed by atoms with van der Waals surface area (Å²) >= 11 is 0.